The third-order valence-corrected chi connectivity index (χ3v) is 2.12. The first-order valence-electron chi connectivity index (χ1n) is 5.08. The highest BCUT2D eigenvalue weighted by Crippen LogP contribution is 2.07. The van der Waals surface area contributed by atoms with Crippen LogP contribution in [-0.4, -0.2) is 22.4 Å². The van der Waals surface area contributed by atoms with Crippen LogP contribution in [-0.2, 0) is 0 Å². The molecule has 0 fully saturated rings. The van der Waals surface area contributed by atoms with Crippen LogP contribution in [0, 0.1) is 19.8 Å². The van der Waals surface area contributed by atoms with Gasteiger partial charge in [-0.05, 0) is 19.8 Å². The lowest BCUT2D eigenvalue weighted by Gasteiger charge is -2.10. The van der Waals surface area contributed by atoms with E-state index in [2.05, 4.69) is 29.1 Å². The van der Waals surface area contributed by atoms with Crippen LogP contribution in [0.25, 0.3) is 0 Å². The molecule has 0 radical (unpaired) electrons. The zero-order valence-corrected chi connectivity index (χ0v) is 9.66. The Hall–Kier alpha value is -1.45. The normalized spacial score (nSPS) is 10.5. The molecule has 0 saturated heterocycles. The van der Waals surface area contributed by atoms with Crippen LogP contribution in [0.4, 0.5) is 0 Å². The van der Waals surface area contributed by atoms with E-state index >= 15 is 0 Å². The maximum absolute atomic E-state index is 11.8. The first-order chi connectivity index (χ1) is 7.02. The highest BCUT2D eigenvalue weighted by molar-refractivity contribution is 5.96. The predicted molar refractivity (Wildman–Crippen MR) is 58.7 cm³/mol. The molecule has 1 amide bonds. The smallest absolute Gasteiger partial charge is 0.254 e. The first-order valence-corrected chi connectivity index (χ1v) is 5.08. The summed E-state index contributed by atoms with van der Waals surface area (Å²) in [7, 11) is 0. The first kappa shape index (κ1) is 11.6. The molecule has 15 heavy (non-hydrogen) atoms. The average Bonchev–Trinajstić information content (AvgIpc) is 2.14. The monoisotopic (exact) mass is 207 g/mol. The van der Waals surface area contributed by atoms with Crippen LogP contribution in [0.2, 0.25) is 0 Å². The molecule has 0 saturated carbocycles. The predicted octanol–water partition coefficient (Wildman–Crippen LogP) is 1.48. The zero-order chi connectivity index (χ0) is 11.4. The van der Waals surface area contributed by atoms with Gasteiger partial charge < -0.3 is 5.32 Å². The number of hydrogen-bond donors (Lipinski definition) is 1. The van der Waals surface area contributed by atoms with Gasteiger partial charge in [0.2, 0.25) is 0 Å². The maximum Gasteiger partial charge on any atom is 0.254 e. The second-order valence-electron chi connectivity index (χ2n) is 4.02. The van der Waals surface area contributed by atoms with Gasteiger partial charge in [0.15, 0.2) is 0 Å². The molecule has 0 bridgehead atoms. The summed E-state index contributed by atoms with van der Waals surface area (Å²) in [6.45, 7) is 8.42. The van der Waals surface area contributed by atoms with Gasteiger partial charge in [0.1, 0.15) is 6.33 Å². The molecule has 1 N–H and O–H groups in total. The number of amides is 1. The third kappa shape index (κ3) is 3.01. The van der Waals surface area contributed by atoms with E-state index in [0.717, 1.165) is 11.4 Å². The molecule has 4 heteroatoms. The summed E-state index contributed by atoms with van der Waals surface area (Å²) in [6.07, 6.45) is 1.48. The van der Waals surface area contributed by atoms with Gasteiger partial charge in [0, 0.05) is 6.54 Å². The van der Waals surface area contributed by atoms with Crippen LogP contribution in [0.15, 0.2) is 6.33 Å². The molecule has 82 valence electrons. The molecule has 1 aromatic heterocycles. The number of carbonyl (C=O) groups is 1. The van der Waals surface area contributed by atoms with Gasteiger partial charge in [0.05, 0.1) is 17.0 Å². The van der Waals surface area contributed by atoms with Crippen LogP contribution >= 0.6 is 0 Å². The zero-order valence-electron chi connectivity index (χ0n) is 9.66. The van der Waals surface area contributed by atoms with E-state index in [-0.39, 0.29) is 5.91 Å². The van der Waals surface area contributed by atoms with Gasteiger partial charge in [-0.2, -0.15) is 0 Å². The number of nitrogens with one attached hydrogen (secondary N) is 1. The van der Waals surface area contributed by atoms with Crippen LogP contribution in [0.5, 0.6) is 0 Å². The van der Waals surface area contributed by atoms with Crippen molar-refractivity contribution in [2.75, 3.05) is 6.54 Å². The summed E-state index contributed by atoms with van der Waals surface area (Å²) >= 11 is 0. The molecule has 0 aromatic carbocycles. The Balaban J connectivity index is 2.82. The Morgan fingerprint density at radius 2 is 1.87 bits per heavy atom. The number of carbonyl (C=O) groups excluding carboxylic acids is 1. The van der Waals surface area contributed by atoms with Crippen molar-refractivity contribution in [3.63, 3.8) is 0 Å². The number of aromatic nitrogens is 2. The Morgan fingerprint density at radius 1 is 1.33 bits per heavy atom. The minimum absolute atomic E-state index is 0.0840. The lowest BCUT2D eigenvalue weighted by molar-refractivity contribution is 0.0947. The van der Waals surface area contributed by atoms with Crippen molar-refractivity contribution in [2.24, 2.45) is 5.92 Å². The molecule has 1 heterocycles. The number of nitrogens with zero attached hydrogens (tertiary/aromatic N) is 2. The van der Waals surface area contributed by atoms with E-state index < -0.39 is 0 Å². The summed E-state index contributed by atoms with van der Waals surface area (Å²) in [5.41, 5.74) is 2.05. The standard InChI is InChI=1S/C11H17N3O/c1-7(2)5-12-11(15)10-8(3)13-6-14-9(10)4/h6-7H,5H2,1-4H3,(H,12,15). The fourth-order valence-corrected chi connectivity index (χ4v) is 1.31. The van der Waals surface area contributed by atoms with E-state index in [9.17, 15) is 4.79 Å². The molecular formula is C11H17N3O. The topological polar surface area (TPSA) is 54.9 Å². The Bertz CT molecular complexity index is 341. The van der Waals surface area contributed by atoms with Gasteiger partial charge in [-0.1, -0.05) is 13.8 Å². The molecular weight excluding hydrogens is 190 g/mol. The summed E-state index contributed by atoms with van der Waals surface area (Å²) < 4.78 is 0. The molecule has 0 aliphatic rings. The minimum atomic E-state index is -0.0840. The summed E-state index contributed by atoms with van der Waals surface area (Å²) in [5, 5.41) is 2.86. The van der Waals surface area contributed by atoms with E-state index in [1.807, 2.05) is 13.8 Å². The maximum atomic E-state index is 11.8. The van der Waals surface area contributed by atoms with Gasteiger partial charge in [0.25, 0.3) is 5.91 Å². The van der Waals surface area contributed by atoms with Crippen molar-refractivity contribution in [2.45, 2.75) is 27.7 Å². The molecule has 1 rings (SSSR count). The molecule has 1 aromatic rings. The fraction of sp³-hybridized carbons (Fsp3) is 0.545. The van der Waals surface area contributed by atoms with E-state index in [0.29, 0.717) is 18.0 Å². The molecule has 4 nitrogen and oxygen atoms in total. The van der Waals surface area contributed by atoms with Crippen molar-refractivity contribution >= 4 is 5.91 Å². The van der Waals surface area contributed by atoms with Crippen LogP contribution < -0.4 is 5.32 Å². The van der Waals surface area contributed by atoms with Crippen molar-refractivity contribution in [3.05, 3.63) is 23.3 Å². The summed E-state index contributed by atoms with van der Waals surface area (Å²) in [5.74, 6) is 0.360. The summed E-state index contributed by atoms with van der Waals surface area (Å²) in [6, 6.07) is 0. The Morgan fingerprint density at radius 3 is 2.33 bits per heavy atom. The van der Waals surface area contributed by atoms with Crippen LogP contribution in [0.1, 0.15) is 35.6 Å². The van der Waals surface area contributed by atoms with E-state index in [1.165, 1.54) is 6.33 Å². The Kier molecular flexibility index (Phi) is 3.77. The highest BCUT2D eigenvalue weighted by atomic mass is 16.1. The fourth-order valence-electron chi connectivity index (χ4n) is 1.31. The van der Waals surface area contributed by atoms with Crippen molar-refractivity contribution in [1.82, 2.24) is 15.3 Å². The molecule has 0 aliphatic heterocycles. The third-order valence-electron chi connectivity index (χ3n) is 2.12. The highest BCUT2D eigenvalue weighted by Gasteiger charge is 2.13. The number of rotatable bonds is 3. The van der Waals surface area contributed by atoms with E-state index in [4.69, 9.17) is 0 Å². The number of aryl methyl sites for hydroxylation is 2. The second-order valence-corrected chi connectivity index (χ2v) is 4.02. The van der Waals surface area contributed by atoms with Crippen molar-refractivity contribution < 1.29 is 4.79 Å². The molecule has 0 atom stereocenters. The van der Waals surface area contributed by atoms with Crippen LogP contribution in [0.3, 0.4) is 0 Å². The largest absolute Gasteiger partial charge is 0.352 e. The van der Waals surface area contributed by atoms with Gasteiger partial charge in [-0.15, -0.1) is 0 Å². The second kappa shape index (κ2) is 4.87. The lowest BCUT2D eigenvalue weighted by Crippen LogP contribution is -2.29. The SMILES string of the molecule is Cc1ncnc(C)c1C(=O)NCC(C)C. The van der Waals surface area contributed by atoms with Gasteiger partial charge in [-0.3, -0.25) is 4.79 Å². The molecule has 0 spiro atoms. The number of hydrogen-bond acceptors (Lipinski definition) is 3. The molecule has 0 aliphatic carbocycles. The van der Waals surface area contributed by atoms with Crippen molar-refractivity contribution in [1.29, 1.82) is 0 Å². The Labute approximate surface area is 90.1 Å². The minimum Gasteiger partial charge on any atom is -0.352 e. The quantitative estimate of drug-likeness (QED) is 0.816. The van der Waals surface area contributed by atoms with Crippen molar-refractivity contribution in [3.8, 4) is 0 Å². The van der Waals surface area contributed by atoms with E-state index in [1.54, 1.807) is 0 Å². The van der Waals surface area contributed by atoms with Gasteiger partial charge >= 0.3 is 0 Å². The summed E-state index contributed by atoms with van der Waals surface area (Å²) in [4.78, 5) is 19.8. The van der Waals surface area contributed by atoms with Gasteiger partial charge in [-0.25, -0.2) is 9.97 Å². The average molecular weight is 207 g/mol. The lowest BCUT2D eigenvalue weighted by atomic mass is 10.1. The molecule has 0 unspecified atom stereocenters.